The molecule has 0 spiro atoms. The summed E-state index contributed by atoms with van der Waals surface area (Å²) in [6.07, 6.45) is 5.98. The van der Waals surface area contributed by atoms with Crippen molar-refractivity contribution in [3.8, 4) is 22.5 Å². The fourth-order valence-corrected chi connectivity index (χ4v) is 6.66. The number of benzene rings is 3. The van der Waals surface area contributed by atoms with Gasteiger partial charge in [0.25, 0.3) is 5.56 Å². The Hall–Kier alpha value is -4.21. The van der Waals surface area contributed by atoms with Crippen LogP contribution in [0.2, 0.25) is 0 Å². The van der Waals surface area contributed by atoms with Crippen molar-refractivity contribution < 1.29 is 4.84 Å². The van der Waals surface area contributed by atoms with Crippen LogP contribution >= 0.6 is 0 Å². The van der Waals surface area contributed by atoms with Gasteiger partial charge in [0.2, 0.25) is 5.82 Å². The van der Waals surface area contributed by atoms with Crippen LogP contribution in [-0.4, -0.2) is 46.8 Å². The first-order chi connectivity index (χ1) is 20.9. The van der Waals surface area contributed by atoms with Crippen molar-refractivity contribution in [2.75, 3.05) is 0 Å². The van der Waals surface area contributed by atoms with Crippen molar-refractivity contribution in [1.29, 1.82) is 0 Å². The molecule has 2 aromatic heterocycles. The standard InChI is InChI=1S/C34H37N7O2/c1-4-5-10-31-35-29-16-15-24(30-20-25-17-18-34(2,3)41(25)43-30)19-28(29)33(42)40(31)21-22-11-13-23(14-12-22)26-8-6-7-9-27(26)32-36-38-39-37-32/h6-9,11-16,19,25,30H,4-5,10,17-18,20-21H2,1-3H3,(H,36,37,38,39)/t25-,30-/m0/s1. The predicted octanol–water partition coefficient (Wildman–Crippen LogP) is 6.25. The van der Waals surface area contributed by atoms with Crippen LogP contribution in [0.1, 0.15) is 75.9 Å². The molecule has 2 aliphatic heterocycles. The Kier molecular flexibility index (Phi) is 7.15. The number of aromatic amines is 1. The maximum atomic E-state index is 14.1. The highest BCUT2D eigenvalue weighted by Crippen LogP contribution is 2.45. The average molecular weight is 576 g/mol. The zero-order valence-corrected chi connectivity index (χ0v) is 25.0. The Morgan fingerprint density at radius 3 is 2.60 bits per heavy atom. The van der Waals surface area contributed by atoms with Crippen LogP contribution < -0.4 is 5.56 Å². The minimum atomic E-state index is -0.0375. The van der Waals surface area contributed by atoms with E-state index in [2.05, 4.69) is 82.9 Å². The van der Waals surface area contributed by atoms with Crippen LogP contribution in [0, 0.1) is 0 Å². The summed E-state index contributed by atoms with van der Waals surface area (Å²) in [5.41, 5.74) is 5.87. The third-order valence-corrected chi connectivity index (χ3v) is 9.05. The van der Waals surface area contributed by atoms with Crippen LogP contribution in [0.4, 0.5) is 0 Å². The molecule has 2 fully saturated rings. The number of nitrogens with zero attached hydrogens (tertiary/aromatic N) is 6. The zero-order valence-electron chi connectivity index (χ0n) is 25.0. The number of rotatable bonds is 8. The molecule has 220 valence electrons. The van der Waals surface area contributed by atoms with Crippen LogP contribution in [0.25, 0.3) is 33.4 Å². The van der Waals surface area contributed by atoms with E-state index in [4.69, 9.17) is 9.82 Å². The molecule has 1 N–H and O–H groups in total. The number of aromatic nitrogens is 6. The third kappa shape index (κ3) is 5.17. The van der Waals surface area contributed by atoms with Crippen LogP contribution in [0.15, 0.2) is 71.5 Å². The largest absolute Gasteiger partial charge is 0.292 e. The summed E-state index contributed by atoms with van der Waals surface area (Å²) < 4.78 is 1.86. The van der Waals surface area contributed by atoms with Crippen molar-refractivity contribution in [2.24, 2.45) is 0 Å². The molecule has 0 saturated carbocycles. The van der Waals surface area contributed by atoms with Gasteiger partial charge in [0.1, 0.15) is 11.9 Å². The molecule has 0 radical (unpaired) electrons. The van der Waals surface area contributed by atoms with Gasteiger partial charge in [0.15, 0.2) is 0 Å². The minimum absolute atomic E-state index is 0.00306. The van der Waals surface area contributed by atoms with Gasteiger partial charge in [0, 0.05) is 23.6 Å². The molecule has 7 rings (SSSR count). The first-order valence-electron chi connectivity index (χ1n) is 15.3. The molecule has 43 heavy (non-hydrogen) atoms. The summed E-state index contributed by atoms with van der Waals surface area (Å²) in [5, 5.41) is 17.4. The zero-order chi connectivity index (χ0) is 29.6. The molecule has 0 unspecified atom stereocenters. The van der Waals surface area contributed by atoms with E-state index in [0.29, 0.717) is 23.8 Å². The fraction of sp³-hybridized carbons (Fsp3) is 0.382. The predicted molar refractivity (Wildman–Crippen MR) is 166 cm³/mol. The van der Waals surface area contributed by atoms with Gasteiger partial charge >= 0.3 is 0 Å². The smallest absolute Gasteiger partial charge is 0.261 e. The lowest BCUT2D eigenvalue weighted by atomic mass is 9.98. The molecule has 0 aliphatic carbocycles. The van der Waals surface area contributed by atoms with E-state index in [1.54, 1.807) is 0 Å². The van der Waals surface area contributed by atoms with E-state index in [0.717, 1.165) is 77.7 Å². The molecule has 9 heteroatoms. The number of tetrazole rings is 1. The first kappa shape index (κ1) is 27.6. The second kappa shape index (κ2) is 11.1. The molecule has 9 nitrogen and oxygen atoms in total. The summed E-state index contributed by atoms with van der Waals surface area (Å²) >= 11 is 0. The summed E-state index contributed by atoms with van der Waals surface area (Å²) in [5.74, 6) is 1.39. The van der Waals surface area contributed by atoms with Gasteiger partial charge in [-0.2, -0.15) is 10.3 Å². The number of nitrogens with one attached hydrogen (secondary N) is 1. The normalized spacial score (nSPS) is 19.7. The van der Waals surface area contributed by atoms with E-state index < -0.39 is 0 Å². The quantitative estimate of drug-likeness (QED) is 0.233. The van der Waals surface area contributed by atoms with Crippen LogP contribution in [0.3, 0.4) is 0 Å². The van der Waals surface area contributed by atoms with Crippen LogP contribution in [0.5, 0.6) is 0 Å². The summed E-state index contributed by atoms with van der Waals surface area (Å²) in [6, 6.07) is 22.9. The van der Waals surface area contributed by atoms with E-state index in [9.17, 15) is 4.79 Å². The Morgan fingerprint density at radius 2 is 1.86 bits per heavy atom. The van der Waals surface area contributed by atoms with Gasteiger partial charge in [0.05, 0.1) is 17.4 Å². The maximum Gasteiger partial charge on any atom is 0.261 e. The monoisotopic (exact) mass is 575 g/mol. The third-order valence-electron chi connectivity index (χ3n) is 9.05. The lowest BCUT2D eigenvalue weighted by Crippen LogP contribution is -2.38. The molecule has 3 aromatic carbocycles. The Balaban J connectivity index is 1.20. The van der Waals surface area contributed by atoms with Gasteiger partial charge in [-0.3, -0.25) is 14.2 Å². The van der Waals surface area contributed by atoms with Gasteiger partial charge in [-0.05, 0) is 79.1 Å². The number of unbranched alkanes of at least 4 members (excludes halogenated alkanes) is 1. The van der Waals surface area contributed by atoms with Crippen molar-refractivity contribution in [2.45, 2.75) is 83.5 Å². The summed E-state index contributed by atoms with van der Waals surface area (Å²) in [7, 11) is 0. The Morgan fingerprint density at radius 1 is 1.05 bits per heavy atom. The molecule has 4 heterocycles. The Labute approximate surface area is 250 Å². The van der Waals surface area contributed by atoms with Gasteiger partial charge < -0.3 is 0 Å². The minimum Gasteiger partial charge on any atom is -0.292 e. The summed E-state index contributed by atoms with van der Waals surface area (Å²) in [6.45, 7) is 7.11. The van der Waals surface area contributed by atoms with Gasteiger partial charge in [-0.15, -0.1) is 10.2 Å². The molecule has 2 aliphatic rings. The maximum absolute atomic E-state index is 14.1. The van der Waals surface area contributed by atoms with E-state index in [-0.39, 0.29) is 17.2 Å². The number of hydrogen-bond donors (Lipinski definition) is 1. The second-order valence-corrected chi connectivity index (χ2v) is 12.4. The van der Waals surface area contributed by atoms with E-state index >= 15 is 0 Å². The lowest BCUT2D eigenvalue weighted by Gasteiger charge is -2.30. The molecule has 0 amide bonds. The molecule has 0 bridgehead atoms. The van der Waals surface area contributed by atoms with Crippen molar-refractivity contribution in [3.05, 3.63) is 94.0 Å². The molecular weight excluding hydrogens is 538 g/mol. The Bertz CT molecular complexity index is 1810. The molecule has 5 aromatic rings. The highest BCUT2D eigenvalue weighted by Gasteiger charge is 2.47. The first-order valence-corrected chi connectivity index (χ1v) is 15.3. The number of fused-ring (bicyclic) bond motifs is 2. The number of hydroxylamine groups is 2. The topological polar surface area (TPSA) is 102 Å². The van der Waals surface area contributed by atoms with Gasteiger partial charge in [-0.25, -0.2) is 4.98 Å². The summed E-state index contributed by atoms with van der Waals surface area (Å²) in [4.78, 5) is 25.6. The highest BCUT2D eigenvalue weighted by molar-refractivity contribution is 5.80. The van der Waals surface area contributed by atoms with Crippen molar-refractivity contribution >= 4 is 10.9 Å². The highest BCUT2D eigenvalue weighted by atomic mass is 16.7. The van der Waals surface area contributed by atoms with E-state index in [1.165, 1.54) is 0 Å². The molecule has 2 saturated heterocycles. The average Bonchev–Trinajstić information content (AvgIpc) is 3.77. The molecule has 2 atom stereocenters. The lowest BCUT2D eigenvalue weighted by molar-refractivity contribution is -0.199. The number of aryl methyl sites for hydroxylation is 1. The number of H-pyrrole nitrogens is 1. The SMILES string of the molecule is CCCCc1nc2ccc([C@@H]3C[C@@H]4CCC(C)(C)N4O3)cc2c(=O)n1Cc1ccc(-c2ccccc2-c2nn[nH]n2)cc1. The van der Waals surface area contributed by atoms with Gasteiger partial charge in [-0.1, -0.05) is 67.9 Å². The van der Waals surface area contributed by atoms with Crippen molar-refractivity contribution in [3.63, 3.8) is 0 Å². The van der Waals surface area contributed by atoms with E-state index in [1.807, 2.05) is 34.9 Å². The van der Waals surface area contributed by atoms with Crippen molar-refractivity contribution in [1.82, 2.24) is 35.2 Å². The number of hydrogen-bond acceptors (Lipinski definition) is 7. The van der Waals surface area contributed by atoms with Crippen LogP contribution in [-0.2, 0) is 17.8 Å². The second-order valence-electron chi connectivity index (χ2n) is 12.4. The molecular formula is C34H37N7O2. The fourth-order valence-electron chi connectivity index (χ4n) is 6.66.